The summed E-state index contributed by atoms with van der Waals surface area (Å²) in [6.07, 6.45) is 1.45. The van der Waals surface area contributed by atoms with E-state index in [1.54, 1.807) is 6.07 Å². The smallest absolute Gasteiger partial charge is 0.263 e. The molecule has 0 spiro atoms. The number of halogens is 2. The van der Waals surface area contributed by atoms with Crippen LogP contribution in [0, 0.1) is 0 Å². The second kappa shape index (κ2) is 8.62. The molecule has 1 saturated heterocycles. The molecule has 7 nitrogen and oxygen atoms in total. The minimum Gasteiger partial charge on any atom is -0.493 e. The Morgan fingerprint density at radius 2 is 1.97 bits per heavy atom. The first-order valence-electron chi connectivity index (χ1n) is 10.6. The molecule has 5 rings (SSSR count). The zero-order valence-corrected chi connectivity index (χ0v) is 19.2. The highest BCUT2D eigenvalue weighted by Gasteiger charge is 2.44. The molecule has 2 atom stereocenters. The number of rotatable bonds is 5. The summed E-state index contributed by atoms with van der Waals surface area (Å²) >= 11 is 0.940. The lowest BCUT2D eigenvalue weighted by Crippen LogP contribution is -2.44. The summed E-state index contributed by atoms with van der Waals surface area (Å²) in [5.74, 6) is -2.27. The highest BCUT2D eigenvalue weighted by atomic mass is 32.2. The van der Waals surface area contributed by atoms with Crippen LogP contribution in [-0.4, -0.2) is 41.7 Å². The van der Waals surface area contributed by atoms with Crippen molar-refractivity contribution in [2.45, 2.75) is 42.2 Å². The highest BCUT2D eigenvalue weighted by Crippen LogP contribution is 2.47. The van der Waals surface area contributed by atoms with Crippen LogP contribution in [0.4, 0.5) is 13.9 Å². The second-order valence-corrected chi connectivity index (χ2v) is 10.6. The predicted octanol–water partition coefficient (Wildman–Crippen LogP) is 4.63. The number of piperidine rings is 1. The number of aromatic nitrogens is 2. The Morgan fingerprint density at radius 3 is 2.73 bits per heavy atom. The van der Waals surface area contributed by atoms with Crippen LogP contribution in [0.15, 0.2) is 59.8 Å². The third-order valence-corrected chi connectivity index (χ3v) is 8.14. The van der Waals surface area contributed by atoms with Crippen molar-refractivity contribution in [3.05, 3.63) is 66.0 Å². The van der Waals surface area contributed by atoms with Gasteiger partial charge < -0.3 is 4.74 Å². The molecule has 174 valence electrons. The maximum atomic E-state index is 14.4. The SMILES string of the molecule is O=S(=O)(Nc1ncns1)c1ccc2c(c1)OCC[C@@H]2N1CCC(F)(F)C[C@H]1c1ccccc1. The summed E-state index contributed by atoms with van der Waals surface area (Å²) in [7, 11) is -3.86. The van der Waals surface area contributed by atoms with Crippen molar-refractivity contribution in [2.24, 2.45) is 0 Å². The molecule has 0 bridgehead atoms. The van der Waals surface area contributed by atoms with E-state index in [9.17, 15) is 17.2 Å². The van der Waals surface area contributed by atoms with Crippen LogP contribution < -0.4 is 9.46 Å². The van der Waals surface area contributed by atoms with Crippen LogP contribution in [0.3, 0.4) is 0 Å². The Hall–Kier alpha value is -2.63. The van der Waals surface area contributed by atoms with Gasteiger partial charge in [0.15, 0.2) is 0 Å². The number of likely N-dealkylation sites (tertiary alicyclic amines) is 1. The van der Waals surface area contributed by atoms with E-state index in [2.05, 4.69) is 19.0 Å². The molecule has 11 heteroatoms. The van der Waals surface area contributed by atoms with Gasteiger partial charge in [-0.25, -0.2) is 22.2 Å². The average Bonchev–Trinajstić information content (AvgIpc) is 3.31. The van der Waals surface area contributed by atoms with Gasteiger partial charge in [0.2, 0.25) is 5.13 Å². The Kier molecular flexibility index (Phi) is 5.79. The van der Waals surface area contributed by atoms with Gasteiger partial charge in [0.05, 0.1) is 11.5 Å². The lowest BCUT2D eigenvalue weighted by molar-refractivity contribution is -0.0931. The molecule has 0 saturated carbocycles. The molecule has 0 radical (unpaired) electrons. The molecule has 3 aromatic rings. The number of alkyl halides is 2. The summed E-state index contributed by atoms with van der Waals surface area (Å²) in [5.41, 5.74) is 1.66. The first kappa shape index (κ1) is 22.2. The van der Waals surface area contributed by atoms with Gasteiger partial charge in [0.1, 0.15) is 12.1 Å². The standard InChI is InChI=1S/C22H22F2N4O3S2/c23-22(24)9-10-28(19(13-22)15-4-2-1-3-5-15)18-8-11-31-20-12-16(6-7-17(18)20)33(29,30)27-21-25-14-26-32-21/h1-7,12,14,18-19H,8-11,13H2,(H,25,26,27)/t18-,19-/m0/s1. The monoisotopic (exact) mass is 492 g/mol. The van der Waals surface area contributed by atoms with E-state index >= 15 is 0 Å². The van der Waals surface area contributed by atoms with Crippen molar-refractivity contribution >= 4 is 26.7 Å². The summed E-state index contributed by atoms with van der Waals surface area (Å²) in [6.45, 7) is 0.620. The van der Waals surface area contributed by atoms with Crippen molar-refractivity contribution in [2.75, 3.05) is 17.9 Å². The van der Waals surface area contributed by atoms with Crippen LogP contribution in [-0.2, 0) is 10.0 Å². The van der Waals surface area contributed by atoms with E-state index in [0.29, 0.717) is 18.8 Å². The maximum absolute atomic E-state index is 14.4. The summed E-state index contributed by atoms with van der Waals surface area (Å²) < 4.78 is 66.3. The fraction of sp³-hybridized carbons (Fsp3) is 0.364. The molecule has 33 heavy (non-hydrogen) atoms. The molecule has 2 aromatic carbocycles. The Balaban J connectivity index is 1.46. The Morgan fingerprint density at radius 1 is 1.15 bits per heavy atom. The van der Waals surface area contributed by atoms with E-state index < -0.39 is 22.0 Å². The Bertz CT molecular complexity index is 1220. The molecule has 0 unspecified atom stereocenters. The number of fused-ring (bicyclic) bond motifs is 1. The first-order valence-corrected chi connectivity index (χ1v) is 12.8. The van der Waals surface area contributed by atoms with Gasteiger partial charge in [0.25, 0.3) is 15.9 Å². The second-order valence-electron chi connectivity index (χ2n) is 8.18. The van der Waals surface area contributed by atoms with Crippen LogP contribution in [0.5, 0.6) is 5.75 Å². The molecule has 0 aliphatic carbocycles. The van der Waals surface area contributed by atoms with Gasteiger partial charge >= 0.3 is 0 Å². The predicted molar refractivity (Wildman–Crippen MR) is 120 cm³/mol. The van der Waals surface area contributed by atoms with Gasteiger partial charge in [-0.1, -0.05) is 36.4 Å². The zero-order valence-electron chi connectivity index (χ0n) is 17.5. The molecule has 1 fully saturated rings. The topological polar surface area (TPSA) is 84.4 Å². The van der Waals surface area contributed by atoms with Gasteiger partial charge in [-0.15, -0.1) is 0 Å². The number of hydrogen-bond donors (Lipinski definition) is 1. The average molecular weight is 493 g/mol. The molecular weight excluding hydrogens is 470 g/mol. The van der Waals surface area contributed by atoms with Crippen molar-refractivity contribution in [1.82, 2.24) is 14.3 Å². The first-order chi connectivity index (χ1) is 15.8. The van der Waals surface area contributed by atoms with E-state index in [1.807, 2.05) is 30.3 Å². The van der Waals surface area contributed by atoms with E-state index in [0.717, 1.165) is 22.7 Å². The molecular formula is C22H22F2N4O3S2. The highest BCUT2D eigenvalue weighted by molar-refractivity contribution is 7.93. The normalized spacial score (nSPS) is 22.8. The van der Waals surface area contributed by atoms with Crippen molar-refractivity contribution in [3.63, 3.8) is 0 Å². The number of nitrogens with one attached hydrogen (secondary N) is 1. The van der Waals surface area contributed by atoms with Crippen LogP contribution >= 0.6 is 11.5 Å². The minimum absolute atomic E-state index is 0.0434. The van der Waals surface area contributed by atoms with E-state index in [-0.39, 0.29) is 35.5 Å². The zero-order chi connectivity index (χ0) is 23.1. The van der Waals surface area contributed by atoms with Crippen LogP contribution in [0.2, 0.25) is 0 Å². The number of ether oxygens (including phenoxy) is 1. The summed E-state index contributed by atoms with van der Waals surface area (Å²) in [6, 6.07) is 13.5. The molecule has 0 amide bonds. The maximum Gasteiger partial charge on any atom is 0.263 e. The molecule has 1 N–H and O–H groups in total. The molecule has 1 aromatic heterocycles. The number of nitrogens with zero attached hydrogens (tertiary/aromatic N) is 3. The van der Waals surface area contributed by atoms with Crippen molar-refractivity contribution in [3.8, 4) is 5.75 Å². The van der Waals surface area contributed by atoms with E-state index in [4.69, 9.17) is 4.74 Å². The van der Waals surface area contributed by atoms with Gasteiger partial charge in [-0.3, -0.25) is 9.62 Å². The number of sulfonamides is 1. The number of benzene rings is 2. The summed E-state index contributed by atoms with van der Waals surface area (Å²) in [4.78, 5) is 6.01. The number of anilines is 1. The third kappa shape index (κ3) is 4.57. The fourth-order valence-electron chi connectivity index (χ4n) is 4.56. The molecule has 2 aliphatic rings. The van der Waals surface area contributed by atoms with Crippen LogP contribution in [0.25, 0.3) is 0 Å². The van der Waals surface area contributed by atoms with E-state index in [1.165, 1.54) is 18.5 Å². The minimum atomic E-state index is -3.86. The molecule has 3 heterocycles. The lowest BCUT2D eigenvalue weighted by Gasteiger charge is -2.45. The Labute approximate surface area is 194 Å². The summed E-state index contributed by atoms with van der Waals surface area (Å²) in [5, 5.41) is 0.173. The largest absolute Gasteiger partial charge is 0.493 e. The van der Waals surface area contributed by atoms with Crippen LogP contribution in [0.1, 0.15) is 42.5 Å². The fourth-order valence-corrected chi connectivity index (χ4v) is 6.24. The third-order valence-electron chi connectivity index (χ3n) is 6.10. The van der Waals surface area contributed by atoms with Gasteiger partial charge in [0, 0.05) is 61.1 Å². The van der Waals surface area contributed by atoms with Gasteiger partial charge in [-0.05, 0) is 11.6 Å². The lowest BCUT2D eigenvalue weighted by atomic mass is 9.88. The molecule has 2 aliphatic heterocycles. The van der Waals surface area contributed by atoms with Gasteiger partial charge in [-0.2, -0.15) is 4.37 Å². The van der Waals surface area contributed by atoms with Crippen molar-refractivity contribution in [1.29, 1.82) is 0 Å². The quantitative estimate of drug-likeness (QED) is 0.559. The van der Waals surface area contributed by atoms with Crippen molar-refractivity contribution < 1.29 is 21.9 Å². The number of hydrogen-bond acceptors (Lipinski definition) is 7.